The van der Waals surface area contributed by atoms with E-state index in [0.29, 0.717) is 11.6 Å². The Labute approximate surface area is 183 Å². The molecule has 2 heterocycles. The molecule has 1 amide bonds. The van der Waals surface area contributed by atoms with E-state index >= 15 is 0 Å². The van der Waals surface area contributed by atoms with Gasteiger partial charge in [0.05, 0.1) is 17.9 Å². The zero-order valence-corrected chi connectivity index (χ0v) is 18.2. The molecule has 1 saturated heterocycles. The quantitative estimate of drug-likeness (QED) is 0.709. The number of terminal acetylenes is 1. The van der Waals surface area contributed by atoms with Crippen LogP contribution in [0.2, 0.25) is 0 Å². The predicted molar refractivity (Wildman–Crippen MR) is 123 cm³/mol. The van der Waals surface area contributed by atoms with Crippen molar-refractivity contribution in [3.05, 3.63) is 48.0 Å². The van der Waals surface area contributed by atoms with Crippen molar-refractivity contribution in [2.24, 2.45) is 0 Å². The molecule has 2 aromatic carbocycles. The summed E-state index contributed by atoms with van der Waals surface area (Å²) in [6, 6.07) is 14.8. The first-order chi connectivity index (χ1) is 13.7. The Morgan fingerprint density at radius 1 is 1.17 bits per heavy atom. The van der Waals surface area contributed by atoms with Crippen LogP contribution in [0.5, 0.6) is 0 Å². The number of anilines is 2. The van der Waals surface area contributed by atoms with Gasteiger partial charge in [0.2, 0.25) is 0 Å². The number of likely N-dealkylation sites (tertiary alicyclic amines) is 1. The summed E-state index contributed by atoms with van der Waals surface area (Å²) in [6.45, 7) is 5.89. The van der Waals surface area contributed by atoms with Crippen LogP contribution in [-0.4, -0.2) is 43.0 Å². The van der Waals surface area contributed by atoms with Gasteiger partial charge in [-0.05, 0) is 63.2 Å². The second-order valence-electron chi connectivity index (χ2n) is 7.37. The van der Waals surface area contributed by atoms with Crippen molar-refractivity contribution in [2.45, 2.75) is 35.6 Å². The molecule has 29 heavy (non-hydrogen) atoms. The lowest BCUT2D eigenvalue weighted by atomic mass is 10.1. The van der Waals surface area contributed by atoms with Crippen molar-refractivity contribution in [1.29, 1.82) is 0 Å². The van der Waals surface area contributed by atoms with E-state index in [1.165, 1.54) is 41.4 Å². The summed E-state index contributed by atoms with van der Waals surface area (Å²) in [5.74, 6) is 2.33. The number of amides is 1. The second-order valence-corrected chi connectivity index (χ2v) is 8.45. The van der Waals surface area contributed by atoms with Crippen molar-refractivity contribution in [3.8, 4) is 12.3 Å². The number of para-hydroxylation sites is 1. The molecule has 0 spiro atoms. The zero-order valence-electron chi connectivity index (χ0n) is 16.6. The minimum absolute atomic E-state index is 0. The maximum atomic E-state index is 12.4. The number of halogens is 1. The number of nitrogens with one attached hydrogen (secondary N) is 1. The van der Waals surface area contributed by atoms with Gasteiger partial charge >= 0.3 is 0 Å². The number of hydrogen-bond acceptors (Lipinski definition) is 4. The number of nitrogens with zero attached hydrogens (tertiary/aromatic N) is 2. The van der Waals surface area contributed by atoms with E-state index < -0.39 is 0 Å². The third-order valence-electron chi connectivity index (χ3n) is 5.34. The average Bonchev–Trinajstić information content (AvgIpc) is 3.22. The topological polar surface area (TPSA) is 35.6 Å². The molecule has 0 radical (unpaired) electrons. The van der Waals surface area contributed by atoms with E-state index in [1.807, 2.05) is 12.1 Å². The van der Waals surface area contributed by atoms with Crippen molar-refractivity contribution >= 4 is 41.5 Å². The summed E-state index contributed by atoms with van der Waals surface area (Å²) < 4.78 is 0. The molecule has 4 rings (SSSR count). The van der Waals surface area contributed by atoms with Crippen LogP contribution in [0, 0.1) is 12.3 Å². The predicted octanol–water partition coefficient (Wildman–Crippen LogP) is 4.56. The standard InChI is InChI=1S/C23H25N3OS.ClH/c1-3-12-24-23(27)18-10-11-22-20(15-18)26(17(2)16-25-13-6-7-14-25)19-8-4-5-9-21(19)28-22;/h1,4-5,8-11,15,17H,6-7,12-14,16H2,2H3,(H,24,27);1H. The average molecular weight is 428 g/mol. The summed E-state index contributed by atoms with van der Waals surface area (Å²) in [6.07, 6.45) is 7.85. The van der Waals surface area contributed by atoms with Crippen molar-refractivity contribution in [1.82, 2.24) is 10.2 Å². The Kier molecular flexibility index (Phi) is 7.13. The summed E-state index contributed by atoms with van der Waals surface area (Å²) in [7, 11) is 0. The van der Waals surface area contributed by atoms with Gasteiger partial charge < -0.3 is 15.1 Å². The summed E-state index contributed by atoms with van der Waals surface area (Å²) in [5.41, 5.74) is 2.96. The third-order valence-corrected chi connectivity index (χ3v) is 6.47. The number of carbonyl (C=O) groups excluding carboxylic acids is 1. The van der Waals surface area contributed by atoms with Gasteiger partial charge in [-0.2, -0.15) is 0 Å². The molecule has 152 valence electrons. The number of carbonyl (C=O) groups is 1. The van der Waals surface area contributed by atoms with Crippen molar-refractivity contribution in [3.63, 3.8) is 0 Å². The Morgan fingerprint density at radius 2 is 1.90 bits per heavy atom. The van der Waals surface area contributed by atoms with E-state index in [9.17, 15) is 4.79 Å². The lowest BCUT2D eigenvalue weighted by Crippen LogP contribution is -2.40. The van der Waals surface area contributed by atoms with Crippen LogP contribution in [0.4, 0.5) is 11.4 Å². The fourth-order valence-corrected chi connectivity index (χ4v) is 5.11. The molecule has 2 aliphatic rings. The molecule has 0 aliphatic carbocycles. The lowest BCUT2D eigenvalue weighted by molar-refractivity contribution is 0.0958. The molecule has 4 nitrogen and oxygen atoms in total. The summed E-state index contributed by atoms with van der Waals surface area (Å²) >= 11 is 1.77. The van der Waals surface area contributed by atoms with Gasteiger partial charge in [0.15, 0.2) is 0 Å². The van der Waals surface area contributed by atoms with Crippen LogP contribution >= 0.6 is 24.2 Å². The maximum absolute atomic E-state index is 12.4. The van der Waals surface area contributed by atoms with Crippen LogP contribution in [-0.2, 0) is 0 Å². The molecule has 1 N–H and O–H groups in total. The maximum Gasteiger partial charge on any atom is 0.252 e. The second kappa shape index (κ2) is 9.58. The minimum Gasteiger partial charge on any atom is -0.341 e. The molecular formula is C23H26ClN3OS. The summed E-state index contributed by atoms with van der Waals surface area (Å²) in [5, 5.41) is 2.77. The smallest absolute Gasteiger partial charge is 0.252 e. The van der Waals surface area contributed by atoms with Crippen LogP contribution in [0.3, 0.4) is 0 Å². The first kappa shape index (κ1) is 21.6. The van der Waals surface area contributed by atoms with Crippen molar-refractivity contribution in [2.75, 3.05) is 31.1 Å². The monoisotopic (exact) mass is 427 g/mol. The van der Waals surface area contributed by atoms with E-state index in [2.05, 4.69) is 58.3 Å². The van der Waals surface area contributed by atoms with E-state index in [-0.39, 0.29) is 24.9 Å². The molecular weight excluding hydrogens is 402 g/mol. The molecule has 1 atom stereocenters. The fourth-order valence-electron chi connectivity index (χ4n) is 4.05. The molecule has 0 bridgehead atoms. The fraction of sp³-hybridized carbons (Fsp3) is 0.348. The van der Waals surface area contributed by atoms with Gasteiger partial charge in [-0.1, -0.05) is 29.8 Å². The van der Waals surface area contributed by atoms with Gasteiger partial charge in [0.25, 0.3) is 5.91 Å². The van der Waals surface area contributed by atoms with Gasteiger partial charge in [-0.15, -0.1) is 18.8 Å². The Morgan fingerprint density at radius 3 is 2.66 bits per heavy atom. The minimum atomic E-state index is -0.128. The van der Waals surface area contributed by atoms with E-state index in [4.69, 9.17) is 6.42 Å². The number of fused-ring (bicyclic) bond motifs is 2. The highest BCUT2D eigenvalue weighted by molar-refractivity contribution is 7.99. The van der Waals surface area contributed by atoms with E-state index in [1.54, 1.807) is 11.8 Å². The number of rotatable bonds is 5. The van der Waals surface area contributed by atoms with Crippen LogP contribution < -0.4 is 10.2 Å². The first-order valence-electron chi connectivity index (χ1n) is 9.81. The highest BCUT2D eigenvalue weighted by atomic mass is 35.5. The molecule has 6 heteroatoms. The number of benzene rings is 2. The Balaban J connectivity index is 0.00000240. The highest BCUT2D eigenvalue weighted by Crippen LogP contribution is 2.49. The summed E-state index contributed by atoms with van der Waals surface area (Å²) in [4.78, 5) is 19.8. The van der Waals surface area contributed by atoms with Crippen LogP contribution in [0.25, 0.3) is 0 Å². The molecule has 1 fully saturated rings. The van der Waals surface area contributed by atoms with Crippen molar-refractivity contribution < 1.29 is 4.79 Å². The normalized spacial score (nSPS) is 16.2. The highest BCUT2D eigenvalue weighted by Gasteiger charge is 2.29. The molecule has 1 unspecified atom stereocenters. The van der Waals surface area contributed by atoms with Gasteiger partial charge in [0, 0.05) is 27.9 Å². The third kappa shape index (κ3) is 4.56. The molecule has 2 aliphatic heterocycles. The lowest BCUT2D eigenvalue weighted by Gasteiger charge is -2.39. The van der Waals surface area contributed by atoms with Gasteiger partial charge in [-0.25, -0.2) is 0 Å². The first-order valence-corrected chi connectivity index (χ1v) is 10.6. The molecule has 0 aromatic heterocycles. The van der Waals surface area contributed by atoms with Crippen LogP contribution in [0.1, 0.15) is 30.1 Å². The molecule has 0 saturated carbocycles. The van der Waals surface area contributed by atoms with Gasteiger partial charge in [0.1, 0.15) is 0 Å². The number of hydrogen-bond donors (Lipinski definition) is 1. The largest absolute Gasteiger partial charge is 0.341 e. The zero-order chi connectivity index (χ0) is 19.5. The SMILES string of the molecule is C#CCNC(=O)c1ccc2c(c1)N(C(C)CN1CCCC1)c1ccccc1S2.Cl. The Bertz CT molecular complexity index is 921. The molecule has 2 aromatic rings. The van der Waals surface area contributed by atoms with Gasteiger partial charge in [-0.3, -0.25) is 4.79 Å². The van der Waals surface area contributed by atoms with Crippen LogP contribution in [0.15, 0.2) is 52.3 Å². The van der Waals surface area contributed by atoms with E-state index in [0.717, 1.165) is 12.2 Å². The Hall–Kier alpha value is -2.13.